The number of anilines is 1. The molecule has 0 aromatic heterocycles. The van der Waals surface area contributed by atoms with Crippen LogP contribution in [0.5, 0.6) is 11.5 Å². The molecule has 1 saturated heterocycles. The fourth-order valence-electron chi connectivity index (χ4n) is 3.59. The van der Waals surface area contributed by atoms with Gasteiger partial charge in [0.1, 0.15) is 6.54 Å². The SMILES string of the molecule is CCOC(=O)N1CCN(C(=O)CN(c2ccccc2)S(=O)(=O)c2ccc(OC)c(OC)c2)CC1. The quantitative estimate of drug-likeness (QED) is 0.557. The van der Waals surface area contributed by atoms with Gasteiger partial charge in [-0.05, 0) is 31.2 Å². The largest absolute Gasteiger partial charge is 0.493 e. The lowest BCUT2D eigenvalue weighted by molar-refractivity contribution is -0.131. The van der Waals surface area contributed by atoms with Crippen molar-refractivity contribution in [3.63, 3.8) is 0 Å². The Morgan fingerprint density at radius 1 is 0.912 bits per heavy atom. The molecule has 1 aliphatic rings. The first-order valence-electron chi connectivity index (χ1n) is 10.8. The highest BCUT2D eigenvalue weighted by atomic mass is 32.2. The van der Waals surface area contributed by atoms with Crippen molar-refractivity contribution in [3.8, 4) is 11.5 Å². The Kier molecular flexibility index (Phi) is 8.21. The molecule has 34 heavy (non-hydrogen) atoms. The first kappa shape index (κ1) is 25.2. The Hall–Kier alpha value is -3.47. The third-order valence-corrected chi connectivity index (χ3v) is 7.19. The Labute approximate surface area is 199 Å². The van der Waals surface area contributed by atoms with Gasteiger partial charge in [-0.25, -0.2) is 13.2 Å². The number of piperazine rings is 1. The topological polar surface area (TPSA) is 106 Å². The molecular formula is C23H29N3O7S. The summed E-state index contributed by atoms with van der Waals surface area (Å²) in [7, 11) is -1.23. The zero-order valence-corrected chi connectivity index (χ0v) is 20.3. The summed E-state index contributed by atoms with van der Waals surface area (Å²) in [5.74, 6) is 0.290. The smallest absolute Gasteiger partial charge is 0.409 e. The van der Waals surface area contributed by atoms with E-state index in [1.54, 1.807) is 42.2 Å². The lowest BCUT2D eigenvalue weighted by Gasteiger charge is -2.35. The Balaban J connectivity index is 1.84. The molecule has 1 fully saturated rings. The summed E-state index contributed by atoms with van der Waals surface area (Å²) in [6, 6.07) is 12.7. The van der Waals surface area contributed by atoms with Gasteiger partial charge in [0, 0.05) is 32.2 Å². The van der Waals surface area contributed by atoms with Crippen LogP contribution in [-0.2, 0) is 19.6 Å². The Morgan fingerprint density at radius 3 is 2.12 bits per heavy atom. The van der Waals surface area contributed by atoms with Crippen molar-refractivity contribution >= 4 is 27.7 Å². The fourth-order valence-corrected chi connectivity index (χ4v) is 5.02. The highest BCUT2D eigenvalue weighted by Crippen LogP contribution is 2.32. The van der Waals surface area contributed by atoms with Crippen LogP contribution in [-0.4, -0.2) is 83.8 Å². The van der Waals surface area contributed by atoms with Crippen LogP contribution in [0.3, 0.4) is 0 Å². The maximum absolute atomic E-state index is 13.6. The van der Waals surface area contributed by atoms with Crippen LogP contribution in [0.25, 0.3) is 0 Å². The van der Waals surface area contributed by atoms with E-state index in [0.717, 1.165) is 4.31 Å². The number of para-hydroxylation sites is 1. The lowest BCUT2D eigenvalue weighted by Crippen LogP contribution is -2.53. The molecule has 2 amide bonds. The standard InChI is InChI=1S/C23H29N3O7S/c1-4-33-23(28)25-14-12-24(13-15-25)22(27)17-26(18-8-6-5-7-9-18)34(29,30)19-10-11-20(31-2)21(16-19)32-3/h5-11,16H,4,12-15,17H2,1-3H3. The predicted octanol–water partition coefficient (Wildman–Crippen LogP) is 2.20. The summed E-state index contributed by atoms with van der Waals surface area (Å²) >= 11 is 0. The van der Waals surface area contributed by atoms with E-state index in [4.69, 9.17) is 14.2 Å². The van der Waals surface area contributed by atoms with Gasteiger partial charge in [-0.1, -0.05) is 18.2 Å². The second-order valence-electron chi connectivity index (χ2n) is 7.43. The van der Waals surface area contributed by atoms with Crippen molar-refractivity contribution < 1.29 is 32.2 Å². The van der Waals surface area contributed by atoms with E-state index in [9.17, 15) is 18.0 Å². The van der Waals surface area contributed by atoms with Crippen molar-refractivity contribution in [3.05, 3.63) is 48.5 Å². The number of sulfonamides is 1. The molecule has 184 valence electrons. The second-order valence-corrected chi connectivity index (χ2v) is 9.29. The van der Waals surface area contributed by atoms with Gasteiger partial charge in [0.2, 0.25) is 5.91 Å². The third-order valence-electron chi connectivity index (χ3n) is 5.42. The fraction of sp³-hybridized carbons (Fsp3) is 0.391. The van der Waals surface area contributed by atoms with E-state index in [-0.39, 0.29) is 42.8 Å². The number of hydrogen-bond donors (Lipinski definition) is 0. The monoisotopic (exact) mass is 491 g/mol. The van der Waals surface area contributed by atoms with E-state index in [1.807, 2.05) is 0 Å². The zero-order valence-electron chi connectivity index (χ0n) is 19.5. The number of amides is 2. The number of ether oxygens (including phenoxy) is 3. The predicted molar refractivity (Wildman–Crippen MR) is 126 cm³/mol. The number of carbonyl (C=O) groups is 2. The van der Waals surface area contributed by atoms with Crippen molar-refractivity contribution in [2.75, 3.05) is 57.9 Å². The molecule has 0 saturated carbocycles. The van der Waals surface area contributed by atoms with Crippen LogP contribution in [0.2, 0.25) is 0 Å². The number of rotatable bonds is 8. The van der Waals surface area contributed by atoms with Crippen molar-refractivity contribution in [2.45, 2.75) is 11.8 Å². The minimum absolute atomic E-state index is 0.0334. The first-order chi connectivity index (χ1) is 16.3. The molecule has 0 spiro atoms. The Bertz CT molecular complexity index is 1100. The van der Waals surface area contributed by atoms with Gasteiger partial charge in [-0.15, -0.1) is 0 Å². The molecule has 1 heterocycles. The molecule has 10 nitrogen and oxygen atoms in total. The molecule has 11 heteroatoms. The molecule has 0 radical (unpaired) electrons. The molecule has 0 N–H and O–H groups in total. The molecule has 2 aromatic rings. The van der Waals surface area contributed by atoms with Crippen molar-refractivity contribution in [1.29, 1.82) is 0 Å². The summed E-state index contributed by atoms with van der Waals surface area (Å²) in [4.78, 5) is 28.1. The molecule has 1 aliphatic heterocycles. The number of hydrogen-bond acceptors (Lipinski definition) is 7. The average molecular weight is 492 g/mol. The summed E-state index contributed by atoms with van der Waals surface area (Å²) in [6.07, 6.45) is -0.420. The van der Waals surface area contributed by atoms with E-state index < -0.39 is 16.1 Å². The molecule has 2 aromatic carbocycles. The van der Waals surface area contributed by atoms with Gasteiger partial charge in [-0.2, -0.15) is 0 Å². The van der Waals surface area contributed by atoms with E-state index >= 15 is 0 Å². The maximum Gasteiger partial charge on any atom is 0.409 e. The number of methoxy groups -OCH3 is 2. The summed E-state index contributed by atoms with van der Waals surface area (Å²) < 4.78 is 43.8. The second kappa shape index (κ2) is 11.1. The number of benzene rings is 2. The normalized spacial score (nSPS) is 13.9. The first-order valence-corrected chi connectivity index (χ1v) is 12.2. The maximum atomic E-state index is 13.6. The van der Waals surface area contributed by atoms with Gasteiger partial charge in [0.05, 0.1) is 31.4 Å². The van der Waals surface area contributed by atoms with Crippen LogP contribution < -0.4 is 13.8 Å². The van der Waals surface area contributed by atoms with Gasteiger partial charge >= 0.3 is 6.09 Å². The van der Waals surface area contributed by atoms with Crippen LogP contribution in [0.1, 0.15) is 6.92 Å². The van der Waals surface area contributed by atoms with Crippen LogP contribution in [0.4, 0.5) is 10.5 Å². The highest BCUT2D eigenvalue weighted by Gasteiger charge is 2.31. The average Bonchev–Trinajstić information content (AvgIpc) is 2.87. The van der Waals surface area contributed by atoms with E-state index in [2.05, 4.69) is 0 Å². The van der Waals surface area contributed by atoms with Crippen molar-refractivity contribution in [2.24, 2.45) is 0 Å². The Morgan fingerprint density at radius 2 is 1.53 bits per heavy atom. The highest BCUT2D eigenvalue weighted by molar-refractivity contribution is 7.92. The number of nitrogens with zero attached hydrogens (tertiary/aromatic N) is 3. The number of carbonyl (C=O) groups excluding carboxylic acids is 2. The van der Waals surface area contributed by atoms with Gasteiger partial charge in [0.25, 0.3) is 10.0 Å². The van der Waals surface area contributed by atoms with Crippen molar-refractivity contribution in [1.82, 2.24) is 9.80 Å². The van der Waals surface area contributed by atoms with E-state index in [0.29, 0.717) is 24.5 Å². The summed E-state index contributed by atoms with van der Waals surface area (Å²) in [5.41, 5.74) is 0.357. The van der Waals surface area contributed by atoms with Gasteiger partial charge < -0.3 is 24.0 Å². The molecule has 0 atom stereocenters. The third kappa shape index (κ3) is 5.53. The van der Waals surface area contributed by atoms with Crippen LogP contribution in [0.15, 0.2) is 53.4 Å². The van der Waals surface area contributed by atoms with E-state index in [1.165, 1.54) is 37.3 Å². The minimum atomic E-state index is -4.11. The summed E-state index contributed by atoms with van der Waals surface area (Å²) in [5, 5.41) is 0. The minimum Gasteiger partial charge on any atom is -0.493 e. The van der Waals surface area contributed by atoms with Gasteiger partial charge in [0.15, 0.2) is 11.5 Å². The lowest BCUT2D eigenvalue weighted by atomic mass is 10.3. The molecule has 0 unspecified atom stereocenters. The zero-order chi connectivity index (χ0) is 24.7. The molecule has 3 rings (SSSR count). The van der Waals surface area contributed by atoms with Gasteiger partial charge in [-0.3, -0.25) is 9.10 Å². The summed E-state index contributed by atoms with van der Waals surface area (Å²) in [6.45, 7) is 2.83. The van der Waals surface area contributed by atoms with Crippen LogP contribution >= 0.6 is 0 Å². The van der Waals surface area contributed by atoms with Crippen LogP contribution in [0, 0.1) is 0 Å². The molecular weight excluding hydrogens is 462 g/mol. The molecule has 0 bridgehead atoms. The molecule has 0 aliphatic carbocycles.